The van der Waals surface area contributed by atoms with Crippen LogP contribution in [-0.4, -0.2) is 55.4 Å². The number of benzene rings is 2. The van der Waals surface area contributed by atoms with Gasteiger partial charge in [-0.3, -0.25) is 4.90 Å². The molecule has 1 saturated heterocycles. The molecule has 1 aromatic heterocycles. The Morgan fingerprint density at radius 3 is 2.66 bits per heavy atom. The fourth-order valence-corrected chi connectivity index (χ4v) is 4.78. The molecule has 0 saturated carbocycles. The molecule has 2 heterocycles. The van der Waals surface area contributed by atoms with Crippen LogP contribution in [0.25, 0.3) is 11.0 Å². The van der Waals surface area contributed by atoms with E-state index in [-0.39, 0.29) is 18.0 Å². The highest BCUT2D eigenvalue weighted by atomic mass is 19.1. The summed E-state index contributed by atoms with van der Waals surface area (Å²) in [6, 6.07) is 12.3. The van der Waals surface area contributed by atoms with E-state index in [0.29, 0.717) is 36.7 Å². The summed E-state index contributed by atoms with van der Waals surface area (Å²) in [5.41, 5.74) is 2.81. The van der Waals surface area contributed by atoms with Crippen LogP contribution in [0.5, 0.6) is 5.75 Å². The minimum absolute atomic E-state index is 0.147. The Balaban J connectivity index is 1.15. The average Bonchev–Trinajstić information content (AvgIpc) is 3.30. The lowest BCUT2D eigenvalue weighted by molar-refractivity contribution is 0.0663. The Bertz CT molecular complexity index is 1170. The number of piperazine rings is 1. The molecule has 2 aliphatic rings. The molecule has 0 radical (unpaired) electrons. The summed E-state index contributed by atoms with van der Waals surface area (Å²) in [5, 5.41) is 11.4. The van der Waals surface area contributed by atoms with Crippen LogP contribution >= 0.6 is 0 Å². The van der Waals surface area contributed by atoms with Crippen molar-refractivity contribution in [1.29, 1.82) is 0 Å². The lowest BCUT2D eigenvalue weighted by Gasteiger charge is -2.36. The lowest BCUT2D eigenvalue weighted by atomic mass is 10.1. The quantitative estimate of drug-likeness (QED) is 0.597. The van der Waals surface area contributed by atoms with Gasteiger partial charge in [0.05, 0.1) is 5.69 Å². The third kappa shape index (κ3) is 4.23. The number of rotatable bonds is 6. The van der Waals surface area contributed by atoms with Gasteiger partial charge in [-0.15, -0.1) is 0 Å². The molecule has 7 heteroatoms. The molecule has 1 N–H and O–H groups in total. The number of aliphatic hydroxyl groups is 1. The molecule has 32 heavy (non-hydrogen) atoms. The Morgan fingerprint density at radius 1 is 1.06 bits per heavy atom. The van der Waals surface area contributed by atoms with Crippen LogP contribution < -0.4 is 15.3 Å². The molecule has 0 unspecified atom stereocenters. The van der Waals surface area contributed by atoms with Crippen molar-refractivity contribution in [3.63, 3.8) is 0 Å². The van der Waals surface area contributed by atoms with Crippen molar-refractivity contribution in [1.82, 2.24) is 4.90 Å². The van der Waals surface area contributed by atoms with Crippen LogP contribution in [0, 0.1) is 5.82 Å². The SMILES string of the molecule is O=c1oc2cc(OC[C@@H](O)CN3CCN(c4ccccc4F)CC3)ccc2c2c1CCC2. The second kappa shape index (κ2) is 8.92. The van der Waals surface area contributed by atoms with Gasteiger partial charge in [-0.1, -0.05) is 12.1 Å². The van der Waals surface area contributed by atoms with Gasteiger partial charge in [0.15, 0.2) is 0 Å². The van der Waals surface area contributed by atoms with E-state index in [1.165, 1.54) is 6.07 Å². The second-order valence-electron chi connectivity index (χ2n) is 8.56. The number of hydrogen-bond donors (Lipinski definition) is 1. The Hall–Kier alpha value is -2.90. The first-order valence-electron chi connectivity index (χ1n) is 11.2. The molecular formula is C25H27FN2O4. The first-order valence-corrected chi connectivity index (χ1v) is 11.2. The van der Waals surface area contributed by atoms with E-state index < -0.39 is 6.10 Å². The lowest BCUT2D eigenvalue weighted by Crippen LogP contribution is -2.49. The zero-order valence-corrected chi connectivity index (χ0v) is 17.9. The molecule has 0 amide bonds. The molecule has 1 atom stereocenters. The molecule has 1 aliphatic carbocycles. The summed E-state index contributed by atoms with van der Waals surface area (Å²) >= 11 is 0. The Morgan fingerprint density at radius 2 is 1.84 bits per heavy atom. The molecule has 1 aliphatic heterocycles. The number of hydrogen-bond acceptors (Lipinski definition) is 6. The van der Waals surface area contributed by atoms with E-state index in [2.05, 4.69) is 4.90 Å². The average molecular weight is 438 g/mol. The standard InChI is InChI=1S/C25H27FN2O4/c26-22-6-1-2-7-23(22)28-12-10-27(11-13-28)15-17(29)16-31-18-8-9-20-19-4-3-5-21(19)25(30)32-24(20)14-18/h1-2,6-9,14,17,29H,3-5,10-13,15-16H2/t17-/m0/s1. The number of halogens is 1. The minimum atomic E-state index is -0.655. The van der Waals surface area contributed by atoms with Crippen molar-refractivity contribution in [2.75, 3.05) is 44.2 Å². The molecule has 6 nitrogen and oxygen atoms in total. The molecular weight excluding hydrogens is 411 g/mol. The van der Waals surface area contributed by atoms with Crippen LogP contribution in [0.3, 0.4) is 0 Å². The number of anilines is 1. The van der Waals surface area contributed by atoms with Gasteiger partial charge in [-0.25, -0.2) is 9.18 Å². The molecule has 0 spiro atoms. The van der Waals surface area contributed by atoms with E-state index in [4.69, 9.17) is 9.15 Å². The summed E-state index contributed by atoms with van der Waals surface area (Å²) < 4.78 is 25.3. The third-order valence-electron chi connectivity index (χ3n) is 6.42. The topological polar surface area (TPSA) is 66.2 Å². The summed E-state index contributed by atoms with van der Waals surface area (Å²) in [6.45, 7) is 3.55. The van der Waals surface area contributed by atoms with Crippen LogP contribution in [0.1, 0.15) is 17.5 Å². The number of aryl methyl sites for hydroxylation is 1. The van der Waals surface area contributed by atoms with E-state index in [9.17, 15) is 14.3 Å². The van der Waals surface area contributed by atoms with Crippen LogP contribution in [0.2, 0.25) is 0 Å². The molecule has 0 bridgehead atoms. The smallest absolute Gasteiger partial charge is 0.339 e. The van der Waals surface area contributed by atoms with Crippen molar-refractivity contribution in [3.8, 4) is 5.75 Å². The summed E-state index contributed by atoms with van der Waals surface area (Å²) in [7, 11) is 0. The van der Waals surface area contributed by atoms with Gasteiger partial charge >= 0.3 is 5.63 Å². The maximum absolute atomic E-state index is 14.0. The summed E-state index contributed by atoms with van der Waals surface area (Å²) in [5.74, 6) is 0.368. The number of para-hydroxylation sites is 1. The van der Waals surface area contributed by atoms with Crippen molar-refractivity contribution in [2.45, 2.75) is 25.4 Å². The fourth-order valence-electron chi connectivity index (χ4n) is 4.78. The van der Waals surface area contributed by atoms with Gasteiger partial charge in [0, 0.05) is 49.7 Å². The highest BCUT2D eigenvalue weighted by molar-refractivity contribution is 5.83. The first kappa shape index (κ1) is 21.0. The number of ether oxygens (including phenoxy) is 1. The van der Waals surface area contributed by atoms with Crippen molar-refractivity contribution >= 4 is 16.7 Å². The first-order chi connectivity index (χ1) is 15.6. The van der Waals surface area contributed by atoms with Crippen LogP contribution in [0.4, 0.5) is 10.1 Å². The molecule has 3 aromatic rings. The van der Waals surface area contributed by atoms with E-state index >= 15 is 0 Å². The molecule has 1 fully saturated rings. The van der Waals surface area contributed by atoms with Gasteiger partial charge in [-0.2, -0.15) is 0 Å². The molecule has 168 valence electrons. The van der Waals surface area contributed by atoms with Gasteiger partial charge in [0.2, 0.25) is 0 Å². The van der Waals surface area contributed by atoms with Gasteiger partial charge in [0.1, 0.15) is 29.9 Å². The predicted octanol–water partition coefficient (Wildman–Crippen LogP) is 2.98. The highest BCUT2D eigenvalue weighted by Crippen LogP contribution is 2.29. The predicted molar refractivity (Wildman–Crippen MR) is 121 cm³/mol. The number of nitrogens with zero attached hydrogens (tertiary/aromatic N) is 2. The maximum atomic E-state index is 14.0. The van der Waals surface area contributed by atoms with Gasteiger partial charge in [-0.05, 0) is 49.1 Å². The van der Waals surface area contributed by atoms with Crippen molar-refractivity contribution in [3.05, 3.63) is 69.8 Å². The van der Waals surface area contributed by atoms with Crippen LogP contribution in [0.15, 0.2) is 51.7 Å². The molecule has 2 aromatic carbocycles. The Labute approximate surface area is 185 Å². The third-order valence-corrected chi connectivity index (χ3v) is 6.42. The monoisotopic (exact) mass is 438 g/mol. The highest BCUT2D eigenvalue weighted by Gasteiger charge is 2.22. The largest absolute Gasteiger partial charge is 0.491 e. The number of fused-ring (bicyclic) bond motifs is 3. The second-order valence-corrected chi connectivity index (χ2v) is 8.56. The summed E-state index contributed by atoms with van der Waals surface area (Å²) in [6.07, 6.45) is 2.02. The summed E-state index contributed by atoms with van der Waals surface area (Å²) in [4.78, 5) is 16.4. The zero-order chi connectivity index (χ0) is 22.1. The Kier molecular flexibility index (Phi) is 5.85. The van der Waals surface area contributed by atoms with Crippen LogP contribution in [-0.2, 0) is 12.8 Å². The normalized spacial score (nSPS) is 17.5. The maximum Gasteiger partial charge on any atom is 0.339 e. The van der Waals surface area contributed by atoms with E-state index in [1.54, 1.807) is 18.2 Å². The van der Waals surface area contributed by atoms with E-state index in [1.807, 2.05) is 23.1 Å². The van der Waals surface area contributed by atoms with Gasteiger partial charge < -0.3 is 19.2 Å². The number of aliphatic hydroxyl groups excluding tert-OH is 1. The van der Waals surface area contributed by atoms with Crippen molar-refractivity contribution < 1.29 is 18.7 Å². The fraction of sp³-hybridized carbons (Fsp3) is 0.400. The van der Waals surface area contributed by atoms with Gasteiger partial charge in [0.25, 0.3) is 0 Å². The van der Waals surface area contributed by atoms with Crippen molar-refractivity contribution in [2.24, 2.45) is 0 Å². The number of β-amino-alcohol motifs (C(OH)–C–C–N with tert-alkyl or cyclic N) is 1. The minimum Gasteiger partial charge on any atom is -0.491 e. The van der Waals surface area contributed by atoms with E-state index in [0.717, 1.165) is 48.9 Å². The zero-order valence-electron chi connectivity index (χ0n) is 17.9. The molecule has 5 rings (SSSR count).